The summed E-state index contributed by atoms with van der Waals surface area (Å²) in [7, 11) is -2.72. The smallest absolute Gasteiger partial charge is 0.0771 e. The molecule has 0 fully saturated rings. The molecule has 0 aromatic heterocycles. The van der Waals surface area contributed by atoms with Crippen LogP contribution in [0.3, 0.4) is 0 Å². The molecule has 0 saturated carbocycles. The molecule has 3 heteroatoms. The van der Waals surface area contributed by atoms with Crippen molar-refractivity contribution in [1.29, 1.82) is 4.78 Å². The third-order valence-electron chi connectivity index (χ3n) is 3.62. The third kappa shape index (κ3) is 1.66. The Labute approximate surface area is 108 Å². The first-order valence-corrected chi connectivity index (χ1v) is 7.75. The average molecular weight is 257 g/mol. The zero-order chi connectivity index (χ0) is 12.8. The van der Waals surface area contributed by atoms with E-state index in [9.17, 15) is 4.21 Å². The maximum absolute atomic E-state index is 12.6. The van der Waals surface area contributed by atoms with E-state index < -0.39 is 9.73 Å². The predicted molar refractivity (Wildman–Crippen MR) is 73.2 cm³/mol. The van der Waals surface area contributed by atoms with Gasteiger partial charge in [0.2, 0.25) is 0 Å². The first-order chi connectivity index (χ1) is 8.59. The fourth-order valence-electron chi connectivity index (χ4n) is 2.69. The molecule has 2 aromatic rings. The van der Waals surface area contributed by atoms with Gasteiger partial charge in [0.15, 0.2) is 0 Å². The average Bonchev–Trinajstić information content (AvgIpc) is 2.45. The molecule has 1 aliphatic heterocycles. The minimum atomic E-state index is -2.72. The van der Waals surface area contributed by atoms with Gasteiger partial charge in [-0.1, -0.05) is 49.4 Å². The standard InChI is InChI=1S/C15H15NOS/c1-11-13-7-3-2-6-12(13)10-18(16,17)15-9-5-4-8-14(11)15/h2-9,11,16H,10H2,1H3. The lowest BCUT2D eigenvalue weighted by atomic mass is 9.90. The van der Waals surface area contributed by atoms with Crippen molar-refractivity contribution < 1.29 is 4.21 Å². The molecule has 2 aromatic carbocycles. The van der Waals surface area contributed by atoms with E-state index in [0.717, 1.165) is 11.1 Å². The van der Waals surface area contributed by atoms with E-state index in [1.165, 1.54) is 5.56 Å². The van der Waals surface area contributed by atoms with Crippen LogP contribution in [0.15, 0.2) is 53.4 Å². The second-order valence-electron chi connectivity index (χ2n) is 4.78. The molecule has 18 heavy (non-hydrogen) atoms. The minimum absolute atomic E-state index is 0.200. The molecule has 0 spiro atoms. The molecule has 0 bridgehead atoms. The Kier molecular flexibility index (Phi) is 2.52. The Hall–Kier alpha value is -1.61. The summed E-state index contributed by atoms with van der Waals surface area (Å²) >= 11 is 0. The molecule has 0 radical (unpaired) electrons. The van der Waals surface area contributed by atoms with E-state index in [0.29, 0.717) is 10.6 Å². The van der Waals surface area contributed by atoms with Gasteiger partial charge >= 0.3 is 0 Å². The molecule has 2 nitrogen and oxygen atoms in total. The van der Waals surface area contributed by atoms with Crippen LogP contribution in [0.4, 0.5) is 0 Å². The lowest BCUT2D eigenvalue weighted by molar-refractivity contribution is 0.673. The van der Waals surface area contributed by atoms with E-state index in [-0.39, 0.29) is 5.92 Å². The highest BCUT2D eigenvalue weighted by Crippen LogP contribution is 2.37. The highest BCUT2D eigenvalue weighted by atomic mass is 32.2. The molecule has 0 saturated heterocycles. The van der Waals surface area contributed by atoms with Gasteiger partial charge in [0.1, 0.15) is 0 Å². The number of nitrogens with one attached hydrogen (secondary N) is 1. The van der Waals surface area contributed by atoms with Crippen LogP contribution in [-0.2, 0) is 15.5 Å². The van der Waals surface area contributed by atoms with Crippen LogP contribution >= 0.6 is 0 Å². The number of rotatable bonds is 0. The first kappa shape index (κ1) is 11.5. The summed E-state index contributed by atoms with van der Waals surface area (Å²) in [6.45, 7) is 2.12. The Morgan fingerprint density at radius 2 is 1.67 bits per heavy atom. The molecule has 1 aliphatic rings. The van der Waals surface area contributed by atoms with Gasteiger partial charge in [0.05, 0.1) is 20.4 Å². The molecule has 0 aliphatic carbocycles. The molecule has 2 unspecified atom stereocenters. The second-order valence-corrected chi connectivity index (χ2v) is 6.86. The van der Waals surface area contributed by atoms with Crippen molar-refractivity contribution in [2.24, 2.45) is 0 Å². The highest BCUT2D eigenvalue weighted by Gasteiger charge is 2.26. The summed E-state index contributed by atoms with van der Waals surface area (Å²) in [5, 5.41) is 0. The van der Waals surface area contributed by atoms with Crippen LogP contribution in [0.1, 0.15) is 29.5 Å². The van der Waals surface area contributed by atoms with Crippen molar-refractivity contribution in [2.45, 2.75) is 23.5 Å². The lowest BCUT2D eigenvalue weighted by Gasteiger charge is -2.14. The van der Waals surface area contributed by atoms with Crippen molar-refractivity contribution >= 4 is 9.73 Å². The van der Waals surface area contributed by atoms with E-state index in [4.69, 9.17) is 4.78 Å². The molecule has 0 amide bonds. The summed E-state index contributed by atoms with van der Waals surface area (Å²) in [6, 6.07) is 15.7. The van der Waals surface area contributed by atoms with E-state index in [1.807, 2.05) is 42.5 Å². The van der Waals surface area contributed by atoms with Crippen molar-refractivity contribution in [2.75, 3.05) is 0 Å². The van der Waals surface area contributed by atoms with Crippen molar-refractivity contribution in [1.82, 2.24) is 0 Å². The van der Waals surface area contributed by atoms with E-state index in [2.05, 4.69) is 13.0 Å². The molecule has 3 rings (SSSR count). The topological polar surface area (TPSA) is 40.9 Å². The van der Waals surface area contributed by atoms with Gasteiger partial charge in [-0.25, -0.2) is 8.99 Å². The third-order valence-corrected chi connectivity index (χ3v) is 5.42. The van der Waals surface area contributed by atoms with Gasteiger partial charge in [-0.3, -0.25) is 0 Å². The van der Waals surface area contributed by atoms with Crippen LogP contribution in [0.5, 0.6) is 0 Å². The maximum Gasteiger partial charge on any atom is 0.0771 e. The van der Waals surface area contributed by atoms with Gasteiger partial charge in [-0.15, -0.1) is 0 Å². The number of benzene rings is 2. The normalized spacial score (nSPS) is 25.9. The van der Waals surface area contributed by atoms with Crippen molar-refractivity contribution in [3.63, 3.8) is 0 Å². The summed E-state index contributed by atoms with van der Waals surface area (Å²) in [5.41, 5.74) is 3.27. The summed E-state index contributed by atoms with van der Waals surface area (Å²) in [6.07, 6.45) is 0. The van der Waals surface area contributed by atoms with Gasteiger partial charge in [-0.05, 0) is 22.8 Å². The van der Waals surface area contributed by atoms with Crippen LogP contribution in [0.2, 0.25) is 0 Å². The number of hydrogen-bond donors (Lipinski definition) is 1. The van der Waals surface area contributed by atoms with Crippen LogP contribution in [-0.4, -0.2) is 4.21 Å². The molecule has 2 atom stereocenters. The molecule has 1 heterocycles. The van der Waals surface area contributed by atoms with Crippen LogP contribution in [0.25, 0.3) is 0 Å². The molecular weight excluding hydrogens is 242 g/mol. The number of fused-ring (bicyclic) bond motifs is 2. The summed E-state index contributed by atoms with van der Waals surface area (Å²) < 4.78 is 20.8. The quantitative estimate of drug-likeness (QED) is 0.767. The van der Waals surface area contributed by atoms with Gasteiger partial charge in [0, 0.05) is 5.92 Å². The highest BCUT2D eigenvalue weighted by molar-refractivity contribution is 7.91. The van der Waals surface area contributed by atoms with E-state index in [1.54, 1.807) is 0 Å². The Bertz CT molecular complexity index is 704. The minimum Gasteiger partial charge on any atom is -0.249 e. The van der Waals surface area contributed by atoms with Gasteiger partial charge < -0.3 is 0 Å². The van der Waals surface area contributed by atoms with Crippen molar-refractivity contribution in [3.05, 3.63) is 65.2 Å². The Balaban J connectivity index is 2.35. The summed E-state index contributed by atoms with van der Waals surface area (Å²) in [5.74, 6) is 0.524. The lowest BCUT2D eigenvalue weighted by Crippen LogP contribution is -2.03. The zero-order valence-electron chi connectivity index (χ0n) is 10.2. The summed E-state index contributed by atoms with van der Waals surface area (Å²) in [4.78, 5) is 0.703. The van der Waals surface area contributed by atoms with Crippen LogP contribution < -0.4 is 0 Å². The van der Waals surface area contributed by atoms with Gasteiger partial charge in [0.25, 0.3) is 0 Å². The monoisotopic (exact) mass is 257 g/mol. The predicted octanol–water partition coefficient (Wildman–Crippen LogP) is 3.76. The largest absolute Gasteiger partial charge is 0.249 e. The molecular formula is C15H15NOS. The van der Waals surface area contributed by atoms with Crippen molar-refractivity contribution in [3.8, 4) is 0 Å². The number of hydrogen-bond acceptors (Lipinski definition) is 2. The molecule has 1 N–H and O–H groups in total. The fraction of sp³-hybridized carbons (Fsp3) is 0.200. The maximum atomic E-state index is 12.6. The fourth-order valence-corrected chi connectivity index (χ4v) is 4.47. The SMILES string of the molecule is CC1c2ccccc2CS(=N)(=O)c2ccccc21. The zero-order valence-corrected chi connectivity index (χ0v) is 11.0. The van der Waals surface area contributed by atoms with E-state index >= 15 is 0 Å². The Morgan fingerprint density at radius 1 is 1.06 bits per heavy atom. The molecule has 92 valence electrons. The first-order valence-electron chi connectivity index (χ1n) is 6.03. The Morgan fingerprint density at radius 3 is 2.44 bits per heavy atom. The second kappa shape index (κ2) is 3.95. The van der Waals surface area contributed by atoms with Gasteiger partial charge in [-0.2, -0.15) is 0 Å². The van der Waals surface area contributed by atoms with Crippen LogP contribution in [0, 0.1) is 4.78 Å².